The van der Waals surface area contributed by atoms with Gasteiger partial charge >= 0.3 is 0 Å². The number of nitrogens with zero attached hydrogens (tertiary/aromatic N) is 2. The van der Waals surface area contributed by atoms with Crippen LogP contribution in [0.2, 0.25) is 0 Å². The van der Waals surface area contributed by atoms with E-state index < -0.39 is 0 Å². The lowest BCUT2D eigenvalue weighted by Gasteiger charge is -2.11. The zero-order valence-corrected chi connectivity index (χ0v) is 9.85. The Morgan fingerprint density at radius 3 is 2.80 bits per heavy atom. The van der Waals surface area contributed by atoms with E-state index in [0.717, 1.165) is 16.4 Å². The van der Waals surface area contributed by atoms with Crippen LogP contribution in [0.1, 0.15) is 28.5 Å². The Hall–Kier alpha value is -1.36. The van der Waals surface area contributed by atoms with Gasteiger partial charge in [-0.05, 0) is 20.8 Å². The molecule has 0 spiro atoms. The predicted molar refractivity (Wildman–Crippen MR) is 62.2 cm³/mol. The van der Waals surface area contributed by atoms with E-state index >= 15 is 0 Å². The molecule has 5 heteroatoms. The Morgan fingerprint density at radius 1 is 1.47 bits per heavy atom. The molecule has 2 rings (SSSR count). The van der Waals surface area contributed by atoms with Crippen LogP contribution < -0.4 is 5.32 Å². The van der Waals surface area contributed by atoms with Crippen LogP contribution in [-0.2, 0) is 0 Å². The van der Waals surface area contributed by atoms with E-state index in [1.165, 1.54) is 4.88 Å². The maximum absolute atomic E-state index is 4.52. The van der Waals surface area contributed by atoms with Gasteiger partial charge in [-0.25, -0.2) is 4.98 Å². The highest BCUT2D eigenvalue weighted by atomic mass is 32.1. The number of nitrogens with one attached hydrogen (secondary N) is 2. The number of hydrogen-bond acceptors (Lipinski definition) is 4. The summed E-state index contributed by atoms with van der Waals surface area (Å²) < 4.78 is 0. The number of hydrogen-bond donors (Lipinski definition) is 2. The standard InChI is InChI=1S/C10H14N4S/c1-6(13-9-4-11-12-5-9)10-7(2)15-8(3)14-10/h4-6,13H,1-3H3,(H,11,12). The first-order valence-electron chi connectivity index (χ1n) is 4.86. The van der Waals surface area contributed by atoms with Crippen molar-refractivity contribution in [1.82, 2.24) is 15.2 Å². The highest BCUT2D eigenvalue weighted by molar-refractivity contribution is 7.11. The van der Waals surface area contributed by atoms with Crippen LogP contribution in [0.4, 0.5) is 5.69 Å². The van der Waals surface area contributed by atoms with E-state index in [1.807, 2.05) is 13.1 Å². The van der Waals surface area contributed by atoms with Crippen molar-refractivity contribution in [3.05, 3.63) is 28.0 Å². The summed E-state index contributed by atoms with van der Waals surface area (Å²) in [5.74, 6) is 0. The summed E-state index contributed by atoms with van der Waals surface area (Å²) in [4.78, 5) is 5.79. The predicted octanol–water partition coefficient (Wildman–Crippen LogP) is 2.66. The fourth-order valence-electron chi connectivity index (χ4n) is 1.59. The highest BCUT2D eigenvalue weighted by Crippen LogP contribution is 2.24. The van der Waals surface area contributed by atoms with Gasteiger partial charge in [0.2, 0.25) is 0 Å². The monoisotopic (exact) mass is 222 g/mol. The molecule has 0 aromatic carbocycles. The van der Waals surface area contributed by atoms with E-state index in [2.05, 4.69) is 34.3 Å². The SMILES string of the molecule is Cc1nc(C(C)Nc2cn[nH]c2)c(C)s1. The number of aryl methyl sites for hydroxylation is 2. The van der Waals surface area contributed by atoms with Gasteiger partial charge < -0.3 is 5.32 Å². The van der Waals surface area contributed by atoms with Crippen LogP contribution in [0, 0.1) is 13.8 Å². The van der Waals surface area contributed by atoms with Gasteiger partial charge in [0, 0.05) is 11.1 Å². The van der Waals surface area contributed by atoms with Crippen molar-refractivity contribution in [1.29, 1.82) is 0 Å². The van der Waals surface area contributed by atoms with Gasteiger partial charge in [-0.3, -0.25) is 5.10 Å². The van der Waals surface area contributed by atoms with Crippen LogP contribution in [-0.4, -0.2) is 15.2 Å². The van der Waals surface area contributed by atoms with Gasteiger partial charge in [0.15, 0.2) is 0 Å². The molecule has 0 aliphatic rings. The lowest BCUT2D eigenvalue weighted by molar-refractivity contribution is 0.837. The Kier molecular flexibility index (Phi) is 2.73. The molecule has 15 heavy (non-hydrogen) atoms. The lowest BCUT2D eigenvalue weighted by Crippen LogP contribution is -2.07. The Bertz CT molecular complexity index is 432. The van der Waals surface area contributed by atoms with Crippen LogP contribution >= 0.6 is 11.3 Å². The zero-order valence-electron chi connectivity index (χ0n) is 9.03. The maximum Gasteiger partial charge on any atom is 0.0901 e. The molecule has 0 aliphatic heterocycles. The molecule has 2 heterocycles. The Morgan fingerprint density at radius 2 is 2.27 bits per heavy atom. The minimum atomic E-state index is 0.215. The van der Waals surface area contributed by atoms with Crippen LogP contribution in [0.25, 0.3) is 0 Å². The second-order valence-electron chi connectivity index (χ2n) is 3.53. The van der Waals surface area contributed by atoms with E-state index in [-0.39, 0.29) is 6.04 Å². The molecule has 1 unspecified atom stereocenters. The van der Waals surface area contributed by atoms with Crippen molar-refractivity contribution in [3.8, 4) is 0 Å². The molecule has 0 radical (unpaired) electrons. The highest BCUT2D eigenvalue weighted by Gasteiger charge is 2.12. The van der Waals surface area contributed by atoms with Crippen molar-refractivity contribution < 1.29 is 0 Å². The molecule has 2 N–H and O–H groups in total. The van der Waals surface area contributed by atoms with Gasteiger partial charge in [0.25, 0.3) is 0 Å². The molecule has 0 amide bonds. The topological polar surface area (TPSA) is 53.6 Å². The van der Waals surface area contributed by atoms with Crippen LogP contribution in [0.15, 0.2) is 12.4 Å². The molecule has 0 aliphatic carbocycles. The molecule has 0 saturated carbocycles. The van der Waals surface area contributed by atoms with Crippen molar-refractivity contribution in [2.45, 2.75) is 26.8 Å². The smallest absolute Gasteiger partial charge is 0.0901 e. The summed E-state index contributed by atoms with van der Waals surface area (Å²) in [6.07, 6.45) is 3.61. The summed E-state index contributed by atoms with van der Waals surface area (Å²) in [6, 6.07) is 0.215. The number of rotatable bonds is 3. The number of anilines is 1. The van der Waals surface area contributed by atoms with Gasteiger partial charge in [-0.1, -0.05) is 0 Å². The van der Waals surface area contributed by atoms with Crippen molar-refractivity contribution in [3.63, 3.8) is 0 Å². The molecule has 4 nitrogen and oxygen atoms in total. The van der Waals surface area contributed by atoms with Crippen molar-refractivity contribution in [2.24, 2.45) is 0 Å². The second-order valence-corrected chi connectivity index (χ2v) is 4.93. The quantitative estimate of drug-likeness (QED) is 0.839. The minimum Gasteiger partial charge on any atom is -0.374 e. The zero-order chi connectivity index (χ0) is 10.8. The molecule has 0 bridgehead atoms. The summed E-state index contributed by atoms with van der Waals surface area (Å²) >= 11 is 1.74. The summed E-state index contributed by atoms with van der Waals surface area (Å²) in [5.41, 5.74) is 2.12. The molecule has 2 aromatic rings. The fourth-order valence-corrected chi connectivity index (χ4v) is 2.51. The Labute approximate surface area is 92.8 Å². The first-order chi connectivity index (χ1) is 7.16. The summed E-state index contributed by atoms with van der Waals surface area (Å²) in [6.45, 7) is 6.24. The molecule has 1 atom stereocenters. The van der Waals surface area contributed by atoms with Gasteiger partial charge in [0.05, 0.1) is 28.6 Å². The molecule has 80 valence electrons. The van der Waals surface area contributed by atoms with Gasteiger partial charge in [-0.15, -0.1) is 11.3 Å². The molecule has 2 aromatic heterocycles. The summed E-state index contributed by atoms with van der Waals surface area (Å²) in [7, 11) is 0. The van der Waals surface area contributed by atoms with Gasteiger partial charge in [-0.2, -0.15) is 5.10 Å². The number of aromatic amines is 1. The number of aromatic nitrogens is 3. The van der Waals surface area contributed by atoms with E-state index in [4.69, 9.17) is 0 Å². The third-order valence-corrected chi connectivity index (χ3v) is 3.13. The number of H-pyrrole nitrogens is 1. The average molecular weight is 222 g/mol. The van der Waals surface area contributed by atoms with E-state index in [9.17, 15) is 0 Å². The van der Waals surface area contributed by atoms with Gasteiger partial charge in [0.1, 0.15) is 0 Å². The Balaban J connectivity index is 2.14. The van der Waals surface area contributed by atoms with E-state index in [1.54, 1.807) is 17.5 Å². The third kappa shape index (κ3) is 2.18. The second kappa shape index (κ2) is 4.02. The van der Waals surface area contributed by atoms with E-state index in [0.29, 0.717) is 0 Å². The van der Waals surface area contributed by atoms with Crippen LogP contribution in [0.5, 0.6) is 0 Å². The lowest BCUT2D eigenvalue weighted by atomic mass is 10.2. The molecular formula is C10H14N4S. The average Bonchev–Trinajstić information content (AvgIpc) is 2.75. The summed E-state index contributed by atoms with van der Waals surface area (Å²) in [5, 5.41) is 11.1. The molecular weight excluding hydrogens is 208 g/mol. The largest absolute Gasteiger partial charge is 0.374 e. The first-order valence-corrected chi connectivity index (χ1v) is 5.67. The third-order valence-electron chi connectivity index (χ3n) is 2.23. The van der Waals surface area contributed by atoms with Crippen LogP contribution in [0.3, 0.4) is 0 Å². The fraction of sp³-hybridized carbons (Fsp3) is 0.400. The maximum atomic E-state index is 4.52. The molecule has 0 fully saturated rings. The molecule has 0 saturated heterocycles. The van der Waals surface area contributed by atoms with Crippen molar-refractivity contribution >= 4 is 17.0 Å². The first kappa shape index (κ1) is 10.2. The number of thiazole rings is 1. The minimum absolute atomic E-state index is 0.215. The van der Waals surface area contributed by atoms with Crippen molar-refractivity contribution in [2.75, 3.05) is 5.32 Å². The normalized spacial score (nSPS) is 12.7.